The number of carbonyl (C=O) groups is 1. The van der Waals surface area contributed by atoms with E-state index in [4.69, 9.17) is 10.3 Å². The second-order valence-electron chi connectivity index (χ2n) is 6.18. The molecular formula is C17H24N4O2. The first-order valence-corrected chi connectivity index (χ1v) is 7.88. The van der Waals surface area contributed by atoms with Gasteiger partial charge >= 0.3 is 0 Å². The number of nitrogens with one attached hydrogen (secondary N) is 1. The molecule has 6 nitrogen and oxygen atoms in total. The molecule has 0 aliphatic rings. The van der Waals surface area contributed by atoms with Crippen LogP contribution in [0.1, 0.15) is 50.5 Å². The van der Waals surface area contributed by atoms with Gasteiger partial charge in [-0.1, -0.05) is 49.3 Å². The van der Waals surface area contributed by atoms with E-state index in [0.29, 0.717) is 30.5 Å². The molecule has 6 heteroatoms. The van der Waals surface area contributed by atoms with Crippen LogP contribution in [0.4, 0.5) is 0 Å². The summed E-state index contributed by atoms with van der Waals surface area (Å²) < 4.78 is 5.24. The normalized spacial score (nSPS) is 13.8. The van der Waals surface area contributed by atoms with Crippen LogP contribution in [-0.2, 0) is 11.2 Å². The first-order valence-electron chi connectivity index (χ1n) is 7.88. The molecule has 1 aromatic heterocycles. The summed E-state index contributed by atoms with van der Waals surface area (Å²) in [6.07, 6.45) is 1.24. The third-order valence-electron chi connectivity index (χ3n) is 3.48. The van der Waals surface area contributed by atoms with Crippen molar-refractivity contribution in [3.8, 4) is 0 Å². The minimum Gasteiger partial charge on any atom is -0.343 e. The van der Waals surface area contributed by atoms with E-state index >= 15 is 0 Å². The van der Waals surface area contributed by atoms with E-state index in [9.17, 15) is 4.79 Å². The number of carbonyl (C=O) groups excluding carboxylic acids is 1. The summed E-state index contributed by atoms with van der Waals surface area (Å²) in [5.41, 5.74) is 6.98. The minimum atomic E-state index is -0.524. The van der Waals surface area contributed by atoms with Gasteiger partial charge in [-0.2, -0.15) is 4.98 Å². The van der Waals surface area contributed by atoms with Crippen molar-refractivity contribution in [3.05, 3.63) is 47.6 Å². The fourth-order valence-corrected chi connectivity index (χ4v) is 2.29. The van der Waals surface area contributed by atoms with E-state index in [2.05, 4.69) is 15.5 Å². The molecule has 1 amide bonds. The van der Waals surface area contributed by atoms with Gasteiger partial charge in [-0.15, -0.1) is 0 Å². The standard InChI is InChI=1S/C17H24N4O2/c1-11(2)9-14(18)16(22)19-12(3)17-20-15(21-23-17)10-13-7-5-4-6-8-13/h4-8,11-12,14H,9-10,18H2,1-3H3,(H,19,22)/t12?,14-/m0/s1. The lowest BCUT2D eigenvalue weighted by Crippen LogP contribution is -2.42. The van der Waals surface area contributed by atoms with Crippen molar-refractivity contribution in [2.24, 2.45) is 11.7 Å². The lowest BCUT2D eigenvalue weighted by atomic mass is 10.0. The van der Waals surface area contributed by atoms with E-state index in [1.807, 2.05) is 44.2 Å². The third-order valence-corrected chi connectivity index (χ3v) is 3.48. The molecule has 0 aliphatic heterocycles. The Morgan fingerprint density at radius 1 is 1.26 bits per heavy atom. The quantitative estimate of drug-likeness (QED) is 0.816. The molecule has 0 aliphatic carbocycles. The number of hydrogen-bond acceptors (Lipinski definition) is 5. The van der Waals surface area contributed by atoms with E-state index in [0.717, 1.165) is 5.56 Å². The first kappa shape index (κ1) is 17.1. The van der Waals surface area contributed by atoms with Crippen LogP contribution in [0.2, 0.25) is 0 Å². The van der Waals surface area contributed by atoms with Gasteiger partial charge in [0.25, 0.3) is 0 Å². The zero-order valence-corrected chi connectivity index (χ0v) is 13.8. The van der Waals surface area contributed by atoms with Crippen LogP contribution in [0.15, 0.2) is 34.9 Å². The molecule has 1 heterocycles. The number of aromatic nitrogens is 2. The van der Waals surface area contributed by atoms with Crippen molar-refractivity contribution in [1.29, 1.82) is 0 Å². The molecule has 0 saturated heterocycles. The smallest absolute Gasteiger partial charge is 0.248 e. The summed E-state index contributed by atoms with van der Waals surface area (Å²) in [5, 5.41) is 6.78. The van der Waals surface area contributed by atoms with Gasteiger partial charge in [0, 0.05) is 6.42 Å². The van der Waals surface area contributed by atoms with Gasteiger partial charge in [-0.3, -0.25) is 4.79 Å². The molecular weight excluding hydrogens is 292 g/mol. The largest absolute Gasteiger partial charge is 0.343 e. The Morgan fingerprint density at radius 3 is 2.61 bits per heavy atom. The molecule has 2 aromatic rings. The van der Waals surface area contributed by atoms with E-state index in [1.165, 1.54) is 0 Å². The lowest BCUT2D eigenvalue weighted by molar-refractivity contribution is -0.123. The summed E-state index contributed by atoms with van der Waals surface area (Å²) in [6.45, 7) is 5.87. The Morgan fingerprint density at radius 2 is 1.96 bits per heavy atom. The molecule has 0 radical (unpaired) electrons. The van der Waals surface area contributed by atoms with Crippen LogP contribution < -0.4 is 11.1 Å². The fraction of sp³-hybridized carbons (Fsp3) is 0.471. The van der Waals surface area contributed by atoms with Gasteiger partial charge in [0.2, 0.25) is 11.8 Å². The number of nitrogens with two attached hydrogens (primary N) is 1. The Kier molecular flexibility index (Phi) is 5.87. The maximum absolute atomic E-state index is 12.0. The summed E-state index contributed by atoms with van der Waals surface area (Å²) in [6, 6.07) is 9.02. The van der Waals surface area contributed by atoms with Gasteiger partial charge in [0.15, 0.2) is 5.82 Å². The highest BCUT2D eigenvalue weighted by molar-refractivity contribution is 5.81. The second kappa shape index (κ2) is 7.87. The highest BCUT2D eigenvalue weighted by atomic mass is 16.5. The Balaban J connectivity index is 1.93. The Bertz CT molecular complexity index is 625. The van der Waals surface area contributed by atoms with Crippen molar-refractivity contribution >= 4 is 5.91 Å². The van der Waals surface area contributed by atoms with Crippen molar-refractivity contribution in [3.63, 3.8) is 0 Å². The molecule has 0 fully saturated rings. The topological polar surface area (TPSA) is 94.0 Å². The first-order chi connectivity index (χ1) is 11.0. The predicted octanol–water partition coefficient (Wildman–Crippen LogP) is 2.21. The molecule has 0 bridgehead atoms. The molecule has 0 spiro atoms. The van der Waals surface area contributed by atoms with Gasteiger partial charge in [0.05, 0.1) is 6.04 Å². The summed E-state index contributed by atoms with van der Waals surface area (Å²) in [4.78, 5) is 16.4. The highest BCUT2D eigenvalue weighted by Crippen LogP contribution is 2.13. The SMILES string of the molecule is CC(C)C[C@H](N)C(=O)NC(C)c1nc(Cc2ccccc2)no1. The van der Waals surface area contributed by atoms with Crippen LogP contribution in [0.25, 0.3) is 0 Å². The minimum absolute atomic E-state index is 0.200. The maximum atomic E-state index is 12.0. The van der Waals surface area contributed by atoms with E-state index < -0.39 is 6.04 Å². The average molecular weight is 316 g/mol. The van der Waals surface area contributed by atoms with Crippen LogP contribution in [0, 0.1) is 5.92 Å². The summed E-state index contributed by atoms with van der Waals surface area (Å²) >= 11 is 0. The summed E-state index contributed by atoms with van der Waals surface area (Å²) in [7, 11) is 0. The molecule has 1 unspecified atom stereocenters. The molecule has 23 heavy (non-hydrogen) atoms. The van der Waals surface area contributed by atoms with E-state index in [-0.39, 0.29) is 11.9 Å². The molecule has 3 N–H and O–H groups in total. The number of amides is 1. The van der Waals surface area contributed by atoms with Crippen LogP contribution >= 0.6 is 0 Å². The van der Waals surface area contributed by atoms with Crippen molar-refractivity contribution in [2.75, 3.05) is 0 Å². The van der Waals surface area contributed by atoms with Crippen LogP contribution in [0.5, 0.6) is 0 Å². The van der Waals surface area contributed by atoms with Crippen LogP contribution in [-0.4, -0.2) is 22.1 Å². The van der Waals surface area contributed by atoms with Gasteiger partial charge < -0.3 is 15.6 Å². The summed E-state index contributed by atoms with van der Waals surface area (Å²) in [5.74, 6) is 1.15. The Hall–Kier alpha value is -2.21. The van der Waals surface area contributed by atoms with Crippen LogP contribution in [0.3, 0.4) is 0 Å². The Labute approximate surface area is 136 Å². The average Bonchev–Trinajstić information content (AvgIpc) is 2.96. The number of hydrogen-bond donors (Lipinski definition) is 2. The monoisotopic (exact) mass is 316 g/mol. The molecule has 2 rings (SSSR count). The zero-order chi connectivity index (χ0) is 16.8. The zero-order valence-electron chi connectivity index (χ0n) is 13.8. The maximum Gasteiger partial charge on any atom is 0.248 e. The van der Waals surface area contributed by atoms with Crippen molar-refractivity contribution in [1.82, 2.24) is 15.5 Å². The number of benzene rings is 1. The van der Waals surface area contributed by atoms with Gasteiger partial charge in [0.1, 0.15) is 6.04 Å². The predicted molar refractivity (Wildman–Crippen MR) is 87.5 cm³/mol. The van der Waals surface area contributed by atoms with Crippen molar-refractivity contribution < 1.29 is 9.32 Å². The van der Waals surface area contributed by atoms with E-state index in [1.54, 1.807) is 6.92 Å². The molecule has 124 valence electrons. The fourth-order valence-electron chi connectivity index (χ4n) is 2.29. The second-order valence-corrected chi connectivity index (χ2v) is 6.18. The lowest BCUT2D eigenvalue weighted by Gasteiger charge is -2.16. The van der Waals surface area contributed by atoms with Crippen molar-refractivity contribution in [2.45, 2.75) is 45.7 Å². The van der Waals surface area contributed by atoms with Gasteiger partial charge in [-0.25, -0.2) is 0 Å². The number of rotatable bonds is 7. The molecule has 1 aromatic carbocycles. The van der Waals surface area contributed by atoms with Gasteiger partial charge in [-0.05, 0) is 24.8 Å². The number of nitrogens with zero attached hydrogens (tertiary/aromatic N) is 2. The highest BCUT2D eigenvalue weighted by Gasteiger charge is 2.21. The molecule has 2 atom stereocenters. The third kappa shape index (κ3) is 5.17. The molecule has 0 saturated carbocycles.